The molecule has 31 heavy (non-hydrogen) atoms. The Bertz CT molecular complexity index is 965. The summed E-state index contributed by atoms with van der Waals surface area (Å²) in [6.07, 6.45) is 2.23. The lowest BCUT2D eigenvalue weighted by molar-refractivity contribution is 0.114. The van der Waals surface area contributed by atoms with Crippen molar-refractivity contribution in [2.45, 2.75) is 38.4 Å². The van der Waals surface area contributed by atoms with E-state index in [-0.39, 0.29) is 5.56 Å². The van der Waals surface area contributed by atoms with Crippen LogP contribution in [-0.4, -0.2) is 60.9 Å². The van der Waals surface area contributed by atoms with Crippen molar-refractivity contribution in [3.05, 3.63) is 63.6 Å². The Morgan fingerprint density at radius 2 is 1.97 bits per heavy atom. The molecule has 0 unspecified atom stereocenters. The number of benzene rings is 1. The molecule has 2 aromatic rings. The van der Waals surface area contributed by atoms with Crippen molar-refractivity contribution in [2.75, 3.05) is 46.5 Å². The first kappa shape index (κ1) is 20.7. The average molecular weight is 424 g/mol. The molecular formula is C25H33N3O3. The van der Waals surface area contributed by atoms with Gasteiger partial charge in [-0.25, -0.2) is 0 Å². The van der Waals surface area contributed by atoms with E-state index in [1.54, 1.807) is 7.11 Å². The van der Waals surface area contributed by atoms with Gasteiger partial charge in [-0.05, 0) is 42.5 Å². The smallest absolute Gasteiger partial charge is 0.255 e. The number of likely N-dealkylation sites (tertiary alicyclic amines) is 1. The fraction of sp³-hybridized carbons (Fsp3) is 0.560. The number of pyridine rings is 1. The summed E-state index contributed by atoms with van der Waals surface area (Å²) in [4.78, 5) is 18.2. The van der Waals surface area contributed by atoms with E-state index in [1.807, 2.05) is 6.07 Å². The van der Waals surface area contributed by atoms with Crippen LogP contribution in [0.15, 0.2) is 41.2 Å². The van der Waals surface area contributed by atoms with Crippen molar-refractivity contribution in [1.29, 1.82) is 0 Å². The Balaban J connectivity index is 1.31. The number of hydrogen-bond acceptors (Lipinski definition) is 5. The molecule has 5 rings (SSSR count). The van der Waals surface area contributed by atoms with Gasteiger partial charge in [0.2, 0.25) is 0 Å². The molecule has 0 spiro atoms. The molecule has 2 fully saturated rings. The van der Waals surface area contributed by atoms with E-state index in [1.165, 1.54) is 17.7 Å². The molecule has 0 radical (unpaired) electrons. The van der Waals surface area contributed by atoms with Crippen LogP contribution in [0, 0.1) is 5.92 Å². The lowest BCUT2D eigenvalue weighted by atomic mass is 9.82. The van der Waals surface area contributed by atoms with E-state index in [9.17, 15) is 4.79 Å². The highest BCUT2D eigenvalue weighted by Gasteiger charge is 2.35. The average Bonchev–Trinajstić information content (AvgIpc) is 3.05. The zero-order valence-corrected chi connectivity index (χ0v) is 18.5. The fourth-order valence-corrected chi connectivity index (χ4v) is 5.57. The molecule has 1 aromatic carbocycles. The van der Waals surface area contributed by atoms with Crippen molar-refractivity contribution in [1.82, 2.24) is 14.4 Å². The quantitative estimate of drug-likeness (QED) is 0.740. The minimum absolute atomic E-state index is 0.221. The van der Waals surface area contributed by atoms with Crippen LogP contribution in [0.3, 0.4) is 0 Å². The molecule has 0 aliphatic carbocycles. The van der Waals surface area contributed by atoms with E-state index >= 15 is 0 Å². The maximum Gasteiger partial charge on any atom is 0.255 e. The third-order valence-corrected chi connectivity index (χ3v) is 7.01. The van der Waals surface area contributed by atoms with Gasteiger partial charge in [-0.3, -0.25) is 14.6 Å². The lowest BCUT2D eigenvalue weighted by Crippen LogP contribution is -2.47. The second kappa shape index (κ2) is 9.15. The largest absolute Gasteiger partial charge is 0.497 e. The molecule has 0 amide bonds. The van der Waals surface area contributed by atoms with Crippen LogP contribution in [-0.2, 0) is 24.4 Å². The minimum Gasteiger partial charge on any atom is -0.497 e. The maximum absolute atomic E-state index is 13.3. The molecule has 3 aliphatic rings. The van der Waals surface area contributed by atoms with Gasteiger partial charge in [0.1, 0.15) is 5.75 Å². The van der Waals surface area contributed by atoms with Gasteiger partial charge < -0.3 is 14.0 Å². The van der Waals surface area contributed by atoms with Crippen LogP contribution in [0.1, 0.15) is 35.6 Å². The molecule has 0 saturated carbocycles. The Kier molecular flexibility index (Phi) is 6.12. The van der Waals surface area contributed by atoms with Gasteiger partial charge in [-0.2, -0.15) is 0 Å². The van der Waals surface area contributed by atoms with Gasteiger partial charge in [0.15, 0.2) is 0 Å². The van der Waals surface area contributed by atoms with Crippen LogP contribution in [0.4, 0.5) is 0 Å². The van der Waals surface area contributed by atoms with Crippen molar-refractivity contribution < 1.29 is 9.47 Å². The summed E-state index contributed by atoms with van der Waals surface area (Å²) in [5, 5.41) is 0. The van der Waals surface area contributed by atoms with E-state index < -0.39 is 0 Å². The van der Waals surface area contributed by atoms with Gasteiger partial charge >= 0.3 is 0 Å². The number of fused-ring (bicyclic) bond motifs is 4. The molecule has 6 nitrogen and oxygen atoms in total. The molecule has 2 bridgehead atoms. The Hall–Kier alpha value is -2.15. The maximum atomic E-state index is 13.3. The first-order valence-corrected chi connectivity index (χ1v) is 11.6. The predicted octanol–water partition coefficient (Wildman–Crippen LogP) is 2.70. The Morgan fingerprint density at radius 3 is 2.87 bits per heavy atom. The Morgan fingerprint density at radius 1 is 1.03 bits per heavy atom. The van der Waals surface area contributed by atoms with Gasteiger partial charge in [0.05, 0.1) is 13.7 Å². The van der Waals surface area contributed by atoms with Crippen LogP contribution >= 0.6 is 0 Å². The zero-order valence-electron chi connectivity index (χ0n) is 18.5. The topological polar surface area (TPSA) is 46.9 Å². The van der Waals surface area contributed by atoms with Crippen LogP contribution in [0.2, 0.25) is 0 Å². The highest BCUT2D eigenvalue weighted by atomic mass is 16.5. The first-order valence-electron chi connectivity index (χ1n) is 11.6. The third kappa shape index (κ3) is 4.56. The minimum atomic E-state index is 0.221. The summed E-state index contributed by atoms with van der Waals surface area (Å²) in [5.41, 5.74) is 3.66. The van der Waals surface area contributed by atoms with E-state index in [4.69, 9.17) is 9.47 Å². The highest BCUT2D eigenvalue weighted by molar-refractivity contribution is 5.29. The summed E-state index contributed by atoms with van der Waals surface area (Å²) in [6, 6.07) is 12.7. The normalized spacial score (nSPS) is 24.4. The van der Waals surface area contributed by atoms with E-state index in [0.29, 0.717) is 11.8 Å². The number of ether oxygens (including phenoxy) is 2. The zero-order chi connectivity index (χ0) is 21.2. The fourth-order valence-electron chi connectivity index (χ4n) is 5.57. The van der Waals surface area contributed by atoms with Crippen LogP contribution in [0.25, 0.3) is 0 Å². The van der Waals surface area contributed by atoms with Crippen molar-refractivity contribution in [3.8, 4) is 5.75 Å². The van der Waals surface area contributed by atoms with Crippen LogP contribution < -0.4 is 10.3 Å². The van der Waals surface area contributed by atoms with Gasteiger partial charge in [-0.15, -0.1) is 0 Å². The SMILES string of the molecule is COc1cccc(CN2C[C@@H]3C[C@H](C2)c2ccc(CN4CCCOCC4)c(=O)n2C3)c1. The number of aromatic nitrogens is 1. The highest BCUT2D eigenvalue weighted by Crippen LogP contribution is 2.36. The molecule has 4 heterocycles. The number of hydrogen-bond donors (Lipinski definition) is 0. The van der Waals surface area contributed by atoms with Crippen LogP contribution in [0.5, 0.6) is 5.75 Å². The summed E-state index contributed by atoms with van der Waals surface area (Å²) in [6.45, 7) is 8.08. The summed E-state index contributed by atoms with van der Waals surface area (Å²) < 4.78 is 13.0. The van der Waals surface area contributed by atoms with E-state index in [0.717, 1.165) is 76.8 Å². The van der Waals surface area contributed by atoms with Crippen molar-refractivity contribution in [2.24, 2.45) is 5.92 Å². The standard InChI is InChI=1S/C25H33N3O3/c1-30-23-5-2-4-19(13-23)14-27-15-20-12-22(18-27)24-7-6-21(25(29)28(24)16-20)17-26-8-3-10-31-11-9-26/h2,4-7,13,20,22H,3,8-12,14-18H2,1H3/t20-,22+/m0/s1. The number of rotatable bonds is 5. The molecule has 2 saturated heterocycles. The molecule has 3 aliphatic heterocycles. The first-order chi connectivity index (χ1) is 15.2. The second-order valence-electron chi connectivity index (χ2n) is 9.29. The monoisotopic (exact) mass is 423 g/mol. The van der Waals surface area contributed by atoms with Gasteiger partial charge in [-0.1, -0.05) is 18.2 Å². The number of methoxy groups -OCH3 is 1. The molecular weight excluding hydrogens is 390 g/mol. The number of nitrogens with zero attached hydrogens (tertiary/aromatic N) is 3. The van der Waals surface area contributed by atoms with Crippen molar-refractivity contribution in [3.63, 3.8) is 0 Å². The predicted molar refractivity (Wildman–Crippen MR) is 121 cm³/mol. The van der Waals surface area contributed by atoms with Crippen molar-refractivity contribution >= 4 is 0 Å². The number of piperidine rings is 1. The molecule has 2 atom stereocenters. The molecule has 6 heteroatoms. The third-order valence-electron chi connectivity index (χ3n) is 7.01. The molecule has 166 valence electrons. The van der Waals surface area contributed by atoms with E-state index in [2.05, 4.69) is 44.7 Å². The molecule has 1 aromatic heterocycles. The van der Waals surface area contributed by atoms with Gasteiger partial charge in [0, 0.05) is 69.6 Å². The lowest BCUT2D eigenvalue weighted by Gasteiger charge is -2.43. The van der Waals surface area contributed by atoms with Gasteiger partial charge in [0.25, 0.3) is 5.56 Å². The molecule has 0 N–H and O–H groups in total. The summed E-state index contributed by atoms with van der Waals surface area (Å²) >= 11 is 0. The second-order valence-corrected chi connectivity index (χ2v) is 9.29. The Labute approximate surface area is 184 Å². The summed E-state index contributed by atoms with van der Waals surface area (Å²) in [5.74, 6) is 1.89. The summed E-state index contributed by atoms with van der Waals surface area (Å²) in [7, 11) is 1.72.